The number of alkyl halides is 1. The van der Waals surface area contributed by atoms with Crippen LogP contribution in [0.15, 0.2) is 22.8 Å². The van der Waals surface area contributed by atoms with Crippen LogP contribution < -0.4 is 4.90 Å². The van der Waals surface area contributed by atoms with E-state index in [1.165, 1.54) is 12.8 Å². The molecule has 1 fully saturated rings. The third kappa shape index (κ3) is 2.94. The topological polar surface area (TPSA) is 16.1 Å². The predicted molar refractivity (Wildman–Crippen MR) is 70.7 cm³/mol. The maximum atomic E-state index is 4.49. The molecular formula is C11H14Br2N2. The van der Waals surface area contributed by atoms with E-state index in [-0.39, 0.29) is 0 Å². The minimum Gasteiger partial charge on any atom is -0.356 e. The van der Waals surface area contributed by atoms with E-state index in [1.807, 2.05) is 12.1 Å². The highest BCUT2D eigenvalue weighted by Gasteiger charge is 2.19. The van der Waals surface area contributed by atoms with Crippen molar-refractivity contribution >= 4 is 37.7 Å². The van der Waals surface area contributed by atoms with Gasteiger partial charge in [-0.1, -0.05) is 22.0 Å². The molecule has 0 saturated carbocycles. The Bertz CT molecular complexity index is 330. The first-order valence-corrected chi connectivity index (χ1v) is 7.14. The minimum absolute atomic E-state index is 0.763. The molecule has 2 rings (SSSR count). The van der Waals surface area contributed by atoms with Crippen molar-refractivity contribution in [3.8, 4) is 0 Å². The molecule has 0 amide bonds. The average Bonchev–Trinajstić information content (AvgIpc) is 2.29. The van der Waals surface area contributed by atoms with Crippen LogP contribution in [0.3, 0.4) is 0 Å². The third-order valence-electron chi connectivity index (χ3n) is 2.76. The molecule has 4 heteroatoms. The van der Waals surface area contributed by atoms with Gasteiger partial charge in [0.2, 0.25) is 0 Å². The quantitative estimate of drug-likeness (QED) is 0.608. The number of hydrogen-bond donors (Lipinski definition) is 0. The van der Waals surface area contributed by atoms with Gasteiger partial charge >= 0.3 is 0 Å². The molecule has 0 radical (unpaired) electrons. The molecule has 0 bridgehead atoms. The molecule has 0 N–H and O–H groups in total. The van der Waals surface area contributed by atoms with Crippen LogP contribution in [0.5, 0.6) is 0 Å². The van der Waals surface area contributed by atoms with Crippen molar-refractivity contribution in [1.82, 2.24) is 4.98 Å². The Kier molecular flexibility index (Phi) is 4.03. The summed E-state index contributed by atoms with van der Waals surface area (Å²) in [4.78, 5) is 6.87. The van der Waals surface area contributed by atoms with E-state index in [0.717, 1.165) is 34.8 Å². The van der Waals surface area contributed by atoms with Crippen LogP contribution in [0.1, 0.15) is 12.8 Å². The fourth-order valence-electron chi connectivity index (χ4n) is 1.97. The van der Waals surface area contributed by atoms with Crippen molar-refractivity contribution in [2.24, 2.45) is 5.92 Å². The Labute approximate surface area is 107 Å². The van der Waals surface area contributed by atoms with Crippen LogP contribution in [-0.2, 0) is 0 Å². The molecule has 1 saturated heterocycles. The number of pyridine rings is 1. The molecule has 0 spiro atoms. The second kappa shape index (κ2) is 5.30. The molecule has 15 heavy (non-hydrogen) atoms. The normalized spacial score (nSPS) is 21.7. The number of rotatable bonds is 2. The number of anilines is 1. The molecule has 2 nitrogen and oxygen atoms in total. The van der Waals surface area contributed by atoms with Gasteiger partial charge in [0.1, 0.15) is 10.4 Å². The first kappa shape index (κ1) is 11.4. The summed E-state index contributed by atoms with van der Waals surface area (Å²) >= 11 is 6.98. The monoisotopic (exact) mass is 332 g/mol. The molecular weight excluding hydrogens is 320 g/mol. The van der Waals surface area contributed by atoms with E-state index < -0.39 is 0 Å². The number of hydrogen-bond acceptors (Lipinski definition) is 2. The fourth-order valence-corrected chi connectivity index (χ4v) is 2.84. The lowest BCUT2D eigenvalue weighted by atomic mass is 10.0. The molecule has 1 aromatic rings. The van der Waals surface area contributed by atoms with Gasteiger partial charge in [-0.15, -0.1) is 0 Å². The van der Waals surface area contributed by atoms with E-state index in [1.54, 1.807) is 0 Å². The largest absolute Gasteiger partial charge is 0.356 e. The summed E-state index contributed by atoms with van der Waals surface area (Å²) < 4.78 is 0.918. The molecule has 1 aliphatic heterocycles. The summed E-state index contributed by atoms with van der Waals surface area (Å²) in [5, 5.41) is 1.09. The summed E-state index contributed by atoms with van der Waals surface area (Å²) in [6.07, 6.45) is 2.60. The van der Waals surface area contributed by atoms with E-state index in [9.17, 15) is 0 Å². The first-order chi connectivity index (χ1) is 7.29. The predicted octanol–water partition coefficient (Wildman–Crippen LogP) is 3.46. The van der Waals surface area contributed by atoms with Gasteiger partial charge in [0, 0.05) is 18.4 Å². The zero-order valence-corrected chi connectivity index (χ0v) is 11.7. The van der Waals surface area contributed by atoms with Crippen LogP contribution in [0.4, 0.5) is 5.82 Å². The van der Waals surface area contributed by atoms with Crippen LogP contribution in [0.25, 0.3) is 0 Å². The Balaban J connectivity index is 2.09. The highest BCUT2D eigenvalue weighted by atomic mass is 79.9. The van der Waals surface area contributed by atoms with Gasteiger partial charge in [0.25, 0.3) is 0 Å². The second-order valence-electron chi connectivity index (χ2n) is 3.93. The van der Waals surface area contributed by atoms with E-state index in [4.69, 9.17) is 0 Å². The zero-order chi connectivity index (χ0) is 10.7. The highest BCUT2D eigenvalue weighted by Crippen LogP contribution is 2.23. The summed E-state index contributed by atoms with van der Waals surface area (Å²) in [7, 11) is 0. The van der Waals surface area contributed by atoms with Gasteiger partial charge in [0.05, 0.1) is 0 Å². The first-order valence-electron chi connectivity index (χ1n) is 5.23. The summed E-state index contributed by atoms with van der Waals surface area (Å²) in [6, 6.07) is 6.10. The van der Waals surface area contributed by atoms with Crippen molar-refractivity contribution in [3.63, 3.8) is 0 Å². The Morgan fingerprint density at radius 2 is 2.33 bits per heavy atom. The lowest BCUT2D eigenvalue weighted by Gasteiger charge is -2.32. The third-order valence-corrected chi connectivity index (χ3v) is 4.12. The van der Waals surface area contributed by atoms with Crippen LogP contribution in [-0.4, -0.2) is 23.4 Å². The highest BCUT2D eigenvalue weighted by molar-refractivity contribution is 9.10. The molecule has 0 aliphatic carbocycles. The number of aromatic nitrogens is 1. The summed E-state index contributed by atoms with van der Waals surface area (Å²) in [6.45, 7) is 2.25. The standard InChI is InChI=1S/C11H14Br2N2/c12-7-9-3-2-6-15(8-9)11-5-1-4-10(13)14-11/h1,4-5,9H,2-3,6-8H2. The fraction of sp³-hybridized carbons (Fsp3) is 0.545. The maximum Gasteiger partial charge on any atom is 0.129 e. The van der Waals surface area contributed by atoms with Gasteiger partial charge in [-0.05, 0) is 46.8 Å². The minimum atomic E-state index is 0.763. The molecule has 82 valence electrons. The average molecular weight is 334 g/mol. The number of halogens is 2. The van der Waals surface area contributed by atoms with E-state index >= 15 is 0 Å². The molecule has 1 aromatic heterocycles. The lowest BCUT2D eigenvalue weighted by Crippen LogP contribution is -2.36. The molecule has 1 unspecified atom stereocenters. The smallest absolute Gasteiger partial charge is 0.129 e. The molecule has 0 aromatic carbocycles. The van der Waals surface area contributed by atoms with Crippen molar-refractivity contribution in [3.05, 3.63) is 22.8 Å². The second-order valence-corrected chi connectivity index (χ2v) is 5.39. The lowest BCUT2D eigenvalue weighted by molar-refractivity contribution is 0.452. The van der Waals surface area contributed by atoms with Gasteiger partial charge in [-0.2, -0.15) is 0 Å². The van der Waals surface area contributed by atoms with Gasteiger partial charge in [0.15, 0.2) is 0 Å². The number of nitrogens with zero attached hydrogens (tertiary/aromatic N) is 2. The van der Waals surface area contributed by atoms with Gasteiger partial charge in [-0.25, -0.2) is 4.98 Å². The molecule has 1 aliphatic rings. The van der Waals surface area contributed by atoms with Gasteiger partial charge in [-0.3, -0.25) is 0 Å². The maximum absolute atomic E-state index is 4.49. The van der Waals surface area contributed by atoms with E-state index in [0.29, 0.717) is 0 Å². The summed E-state index contributed by atoms with van der Waals surface area (Å²) in [5.41, 5.74) is 0. The molecule has 1 atom stereocenters. The SMILES string of the molecule is BrCC1CCCN(c2cccc(Br)n2)C1. The molecule has 2 heterocycles. The van der Waals surface area contributed by atoms with Crippen molar-refractivity contribution in [2.45, 2.75) is 12.8 Å². The van der Waals surface area contributed by atoms with Crippen LogP contribution >= 0.6 is 31.9 Å². The Morgan fingerprint density at radius 3 is 3.07 bits per heavy atom. The van der Waals surface area contributed by atoms with Crippen molar-refractivity contribution in [2.75, 3.05) is 23.3 Å². The van der Waals surface area contributed by atoms with Crippen molar-refractivity contribution in [1.29, 1.82) is 0 Å². The van der Waals surface area contributed by atoms with E-state index in [2.05, 4.69) is 47.8 Å². The van der Waals surface area contributed by atoms with Gasteiger partial charge < -0.3 is 4.90 Å². The number of piperidine rings is 1. The van der Waals surface area contributed by atoms with Crippen molar-refractivity contribution < 1.29 is 0 Å². The van der Waals surface area contributed by atoms with Crippen LogP contribution in [0, 0.1) is 5.92 Å². The van der Waals surface area contributed by atoms with Crippen LogP contribution in [0.2, 0.25) is 0 Å². The zero-order valence-electron chi connectivity index (χ0n) is 8.50. The Morgan fingerprint density at radius 1 is 1.47 bits per heavy atom. The summed E-state index contributed by atoms with van der Waals surface area (Å²) in [5.74, 6) is 1.86. The Hall–Kier alpha value is -0.0900.